The van der Waals surface area contributed by atoms with Crippen LogP contribution in [-0.2, 0) is 6.54 Å². The molecule has 0 aliphatic carbocycles. The minimum Gasteiger partial charge on any atom is -0.437 e. The smallest absolute Gasteiger partial charge is 0.273 e. The van der Waals surface area contributed by atoms with Crippen LogP contribution in [0.25, 0.3) is 0 Å². The van der Waals surface area contributed by atoms with Gasteiger partial charge in [0.2, 0.25) is 5.88 Å². The Balaban J connectivity index is 2.20. The van der Waals surface area contributed by atoms with Gasteiger partial charge in [-0.25, -0.2) is 4.98 Å². The molecular weight excluding hydrogens is 282 g/mol. The summed E-state index contributed by atoms with van der Waals surface area (Å²) in [5, 5.41) is 14.0. The van der Waals surface area contributed by atoms with Crippen LogP contribution in [0.4, 0.5) is 5.69 Å². The largest absolute Gasteiger partial charge is 0.437 e. The lowest BCUT2D eigenvalue weighted by Crippen LogP contribution is -2.05. The summed E-state index contributed by atoms with van der Waals surface area (Å²) >= 11 is 5.95. The zero-order chi connectivity index (χ0) is 14.5. The highest BCUT2D eigenvalue weighted by Crippen LogP contribution is 2.31. The first-order chi connectivity index (χ1) is 9.60. The predicted octanol–water partition coefficient (Wildman–Crippen LogP) is 3.15. The summed E-state index contributed by atoms with van der Waals surface area (Å²) < 4.78 is 5.47. The molecule has 0 aliphatic heterocycles. The van der Waals surface area contributed by atoms with E-state index in [2.05, 4.69) is 10.3 Å². The van der Waals surface area contributed by atoms with E-state index in [-0.39, 0.29) is 16.5 Å². The standard InChI is InChI=1S/C13H12ClN3O3/c1-15-7-9-2-5-13(16-8-9)20-12-6-10(17(18)19)3-4-11(12)14/h2-6,8,15H,7H2,1H3. The van der Waals surface area contributed by atoms with E-state index in [0.29, 0.717) is 12.4 Å². The summed E-state index contributed by atoms with van der Waals surface area (Å²) in [6.07, 6.45) is 1.66. The second kappa shape index (κ2) is 6.31. The molecule has 7 heteroatoms. The van der Waals surface area contributed by atoms with E-state index in [1.54, 1.807) is 12.3 Å². The lowest BCUT2D eigenvalue weighted by atomic mass is 10.3. The van der Waals surface area contributed by atoms with Crippen LogP contribution in [0.3, 0.4) is 0 Å². The van der Waals surface area contributed by atoms with Crippen LogP contribution < -0.4 is 10.1 Å². The van der Waals surface area contributed by atoms with E-state index < -0.39 is 4.92 Å². The number of ether oxygens (including phenoxy) is 1. The lowest BCUT2D eigenvalue weighted by molar-refractivity contribution is -0.384. The maximum Gasteiger partial charge on any atom is 0.273 e. The second-order valence-corrected chi connectivity index (χ2v) is 4.42. The number of hydrogen-bond acceptors (Lipinski definition) is 5. The van der Waals surface area contributed by atoms with E-state index in [9.17, 15) is 10.1 Å². The van der Waals surface area contributed by atoms with E-state index in [1.165, 1.54) is 18.2 Å². The van der Waals surface area contributed by atoms with Crippen molar-refractivity contribution in [3.05, 3.63) is 57.2 Å². The fourth-order valence-corrected chi connectivity index (χ4v) is 1.73. The third kappa shape index (κ3) is 3.43. The Hall–Kier alpha value is -2.18. The summed E-state index contributed by atoms with van der Waals surface area (Å²) in [6.45, 7) is 0.699. The van der Waals surface area contributed by atoms with Gasteiger partial charge in [-0.15, -0.1) is 0 Å². The molecule has 0 aliphatic rings. The molecule has 0 bridgehead atoms. The second-order valence-electron chi connectivity index (χ2n) is 4.01. The highest BCUT2D eigenvalue weighted by Gasteiger charge is 2.11. The van der Waals surface area contributed by atoms with Crippen molar-refractivity contribution in [2.75, 3.05) is 7.05 Å². The average Bonchev–Trinajstić information content (AvgIpc) is 2.43. The van der Waals surface area contributed by atoms with E-state index in [0.717, 1.165) is 5.56 Å². The van der Waals surface area contributed by atoms with Crippen molar-refractivity contribution in [2.24, 2.45) is 0 Å². The van der Waals surface area contributed by atoms with Gasteiger partial charge >= 0.3 is 0 Å². The monoisotopic (exact) mass is 293 g/mol. The Morgan fingerprint density at radius 2 is 2.20 bits per heavy atom. The highest BCUT2D eigenvalue weighted by molar-refractivity contribution is 6.32. The zero-order valence-corrected chi connectivity index (χ0v) is 11.4. The van der Waals surface area contributed by atoms with Crippen molar-refractivity contribution in [1.82, 2.24) is 10.3 Å². The number of nitrogens with zero attached hydrogens (tertiary/aromatic N) is 2. The molecule has 1 aromatic heterocycles. The number of nitro benzene ring substituents is 1. The van der Waals surface area contributed by atoms with Gasteiger partial charge in [-0.3, -0.25) is 10.1 Å². The van der Waals surface area contributed by atoms with Crippen LogP contribution in [0.15, 0.2) is 36.5 Å². The van der Waals surface area contributed by atoms with Crippen molar-refractivity contribution in [1.29, 1.82) is 0 Å². The van der Waals surface area contributed by atoms with Gasteiger partial charge in [-0.1, -0.05) is 17.7 Å². The van der Waals surface area contributed by atoms with Crippen LogP contribution in [0.5, 0.6) is 11.6 Å². The van der Waals surface area contributed by atoms with Gasteiger partial charge in [-0.2, -0.15) is 0 Å². The topological polar surface area (TPSA) is 77.3 Å². The van der Waals surface area contributed by atoms with Crippen LogP contribution in [0.1, 0.15) is 5.56 Å². The number of rotatable bonds is 5. The van der Waals surface area contributed by atoms with Gasteiger partial charge in [0.25, 0.3) is 5.69 Å². The number of non-ortho nitro benzene ring substituents is 1. The number of pyridine rings is 1. The zero-order valence-electron chi connectivity index (χ0n) is 10.7. The first kappa shape index (κ1) is 14.2. The number of benzene rings is 1. The molecule has 1 N–H and O–H groups in total. The average molecular weight is 294 g/mol. The fraction of sp³-hybridized carbons (Fsp3) is 0.154. The first-order valence-corrected chi connectivity index (χ1v) is 6.19. The van der Waals surface area contributed by atoms with Crippen LogP contribution in [0.2, 0.25) is 5.02 Å². The summed E-state index contributed by atoms with van der Waals surface area (Å²) in [4.78, 5) is 14.3. The Bertz CT molecular complexity index is 617. The summed E-state index contributed by atoms with van der Waals surface area (Å²) in [5.41, 5.74) is 0.918. The van der Waals surface area contributed by atoms with E-state index in [1.807, 2.05) is 13.1 Å². The van der Waals surface area contributed by atoms with Crippen LogP contribution in [0, 0.1) is 10.1 Å². The van der Waals surface area contributed by atoms with Gasteiger partial charge < -0.3 is 10.1 Å². The van der Waals surface area contributed by atoms with Crippen molar-refractivity contribution in [3.8, 4) is 11.6 Å². The molecule has 0 saturated heterocycles. The minimum atomic E-state index is -0.507. The Morgan fingerprint density at radius 1 is 1.40 bits per heavy atom. The molecule has 6 nitrogen and oxygen atoms in total. The molecule has 2 rings (SSSR count). The molecule has 0 saturated carbocycles. The Kier molecular flexibility index (Phi) is 4.49. The maximum absolute atomic E-state index is 10.7. The van der Waals surface area contributed by atoms with Crippen molar-refractivity contribution < 1.29 is 9.66 Å². The van der Waals surface area contributed by atoms with Crippen molar-refractivity contribution in [3.63, 3.8) is 0 Å². The predicted molar refractivity (Wildman–Crippen MR) is 75.2 cm³/mol. The molecule has 2 aromatic rings. The molecule has 1 aromatic carbocycles. The van der Waals surface area contributed by atoms with Gasteiger partial charge in [0.15, 0.2) is 5.75 Å². The van der Waals surface area contributed by atoms with E-state index >= 15 is 0 Å². The van der Waals surface area contributed by atoms with Gasteiger partial charge in [0, 0.05) is 24.9 Å². The quantitative estimate of drug-likeness (QED) is 0.677. The van der Waals surface area contributed by atoms with Crippen LogP contribution in [-0.4, -0.2) is 17.0 Å². The highest BCUT2D eigenvalue weighted by atomic mass is 35.5. The minimum absolute atomic E-state index is 0.0868. The lowest BCUT2D eigenvalue weighted by Gasteiger charge is -2.07. The summed E-state index contributed by atoms with van der Waals surface area (Å²) in [7, 11) is 1.84. The molecule has 0 amide bonds. The molecular formula is C13H12ClN3O3. The number of hydrogen-bond donors (Lipinski definition) is 1. The first-order valence-electron chi connectivity index (χ1n) is 5.81. The van der Waals surface area contributed by atoms with Crippen molar-refractivity contribution >= 4 is 17.3 Å². The van der Waals surface area contributed by atoms with Gasteiger partial charge in [0.1, 0.15) is 0 Å². The van der Waals surface area contributed by atoms with Crippen molar-refractivity contribution in [2.45, 2.75) is 6.54 Å². The van der Waals surface area contributed by atoms with Gasteiger partial charge in [0.05, 0.1) is 16.0 Å². The fourth-order valence-electron chi connectivity index (χ4n) is 1.58. The maximum atomic E-state index is 10.7. The molecule has 0 spiro atoms. The number of aromatic nitrogens is 1. The summed E-state index contributed by atoms with van der Waals surface area (Å²) in [6, 6.07) is 7.54. The number of nitrogens with one attached hydrogen (secondary N) is 1. The Labute approximate surface area is 120 Å². The van der Waals surface area contributed by atoms with Gasteiger partial charge in [-0.05, 0) is 18.7 Å². The normalized spacial score (nSPS) is 10.3. The third-order valence-electron chi connectivity index (χ3n) is 2.52. The number of halogens is 1. The molecule has 20 heavy (non-hydrogen) atoms. The molecule has 104 valence electrons. The number of nitro groups is 1. The summed E-state index contributed by atoms with van der Waals surface area (Å²) in [5.74, 6) is 0.530. The molecule has 0 fully saturated rings. The van der Waals surface area contributed by atoms with E-state index in [4.69, 9.17) is 16.3 Å². The Morgan fingerprint density at radius 3 is 2.80 bits per heavy atom. The molecule has 0 unspecified atom stereocenters. The third-order valence-corrected chi connectivity index (χ3v) is 2.83. The molecule has 0 radical (unpaired) electrons. The van der Waals surface area contributed by atoms with Crippen LogP contribution >= 0.6 is 11.6 Å². The molecule has 1 heterocycles. The molecule has 0 atom stereocenters. The SMILES string of the molecule is CNCc1ccc(Oc2cc([N+](=O)[O-])ccc2Cl)nc1.